The average molecular weight is 419 g/mol. The van der Waals surface area contributed by atoms with Crippen molar-refractivity contribution in [3.8, 4) is 0 Å². The van der Waals surface area contributed by atoms with E-state index >= 15 is 0 Å². The van der Waals surface area contributed by atoms with Gasteiger partial charge in [0.05, 0.1) is 0 Å². The number of nitrogens with zero attached hydrogens (tertiary/aromatic N) is 2. The molecule has 1 saturated heterocycles. The number of piperazine rings is 1. The van der Waals surface area contributed by atoms with E-state index in [-0.39, 0.29) is 0 Å². The highest BCUT2D eigenvalue weighted by atomic mass is 35.5. The second-order valence-corrected chi connectivity index (χ2v) is 8.11. The van der Waals surface area contributed by atoms with Crippen LogP contribution in [-0.2, 0) is 9.59 Å². The number of hydrogen-bond acceptors (Lipinski definition) is 4. The Balaban J connectivity index is 1.27. The predicted molar refractivity (Wildman–Crippen MR) is 117 cm³/mol. The Kier molecular flexibility index (Phi) is 8.38. The number of nitrogens with one attached hydrogen (secondary N) is 2. The summed E-state index contributed by atoms with van der Waals surface area (Å²) in [4.78, 5) is 28.5. The third kappa shape index (κ3) is 7.05. The van der Waals surface area contributed by atoms with Gasteiger partial charge in [0.15, 0.2) is 0 Å². The molecule has 1 aliphatic heterocycles. The lowest BCUT2D eigenvalue weighted by Crippen LogP contribution is -2.49. The van der Waals surface area contributed by atoms with E-state index < -0.39 is 11.8 Å². The van der Waals surface area contributed by atoms with Crippen molar-refractivity contribution in [1.29, 1.82) is 0 Å². The van der Waals surface area contributed by atoms with Crippen LogP contribution < -0.4 is 15.5 Å². The molecule has 2 amide bonds. The van der Waals surface area contributed by atoms with Crippen molar-refractivity contribution in [2.75, 3.05) is 50.7 Å². The lowest BCUT2D eigenvalue weighted by atomic mass is 9.97. The maximum Gasteiger partial charge on any atom is 0.309 e. The second-order valence-electron chi connectivity index (χ2n) is 7.68. The van der Waals surface area contributed by atoms with Crippen LogP contribution in [0.25, 0.3) is 0 Å². The molecular weight excluding hydrogens is 388 g/mol. The molecule has 1 heterocycles. The van der Waals surface area contributed by atoms with E-state index in [1.165, 1.54) is 24.1 Å². The predicted octanol–water partition coefficient (Wildman–Crippen LogP) is 2.58. The molecule has 29 heavy (non-hydrogen) atoms. The van der Waals surface area contributed by atoms with Crippen LogP contribution in [0.5, 0.6) is 0 Å². The van der Waals surface area contributed by atoms with Crippen LogP contribution in [0, 0.1) is 0 Å². The molecule has 0 unspecified atom stereocenters. The van der Waals surface area contributed by atoms with Crippen molar-refractivity contribution >= 4 is 29.1 Å². The molecule has 1 aromatic rings. The maximum atomic E-state index is 12.0. The van der Waals surface area contributed by atoms with Crippen molar-refractivity contribution < 1.29 is 9.59 Å². The Morgan fingerprint density at radius 2 is 1.62 bits per heavy atom. The summed E-state index contributed by atoms with van der Waals surface area (Å²) in [6.45, 7) is 5.50. The first-order valence-corrected chi connectivity index (χ1v) is 11.0. The summed E-state index contributed by atoms with van der Waals surface area (Å²) in [5.41, 5.74) is 2.58. The van der Waals surface area contributed by atoms with Gasteiger partial charge in [0.1, 0.15) is 0 Å². The van der Waals surface area contributed by atoms with Crippen LogP contribution in [0.4, 0.5) is 5.69 Å². The lowest BCUT2D eigenvalue weighted by Gasteiger charge is -2.36. The number of rotatable bonds is 7. The quantitative estimate of drug-likeness (QED) is 0.527. The highest BCUT2D eigenvalue weighted by Crippen LogP contribution is 2.20. The molecule has 158 valence electrons. The van der Waals surface area contributed by atoms with Gasteiger partial charge in [0.2, 0.25) is 0 Å². The number of allylic oxidation sites excluding steroid dienone is 1. The SMILES string of the molecule is O=C(NCCC1=CCCCC1)C(=O)NCCN1CCN(c2ccc(Cl)cc2)CC1. The van der Waals surface area contributed by atoms with Gasteiger partial charge < -0.3 is 15.5 Å². The zero-order valence-electron chi connectivity index (χ0n) is 17.0. The minimum Gasteiger partial charge on any atom is -0.369 e. The van der Waals surface area contributed by atoms with Crippen LogP contribution in [-0.4, -0.2) is 62.5 Å². The largest absolute Gasteiger partial charge is 0.369 e. The summed E-state index contributed by atoms with van der Waals surface area (Å²) in [6.07, 6.45) is 7.85. The van der Waals surface area contributed by atoms with Crippen molar-refractivity contribution in [2.45, 2.75) is 32.1 Å². The van der Waals surface area contributed by atoms with Gasteiger partial charge in [-0.15, -0.1) is 0 Å². The first-order valence-electron chi connectivity index (χ1n) is 10.6. The Morgan fingerprint density at radius 3 is 2.28 bits per heavy atom. The molecule has 1 aliphatic carbocycles. The van der Waals surface area contributed by atoms with Crippen LogP contribution in [0.15, 0.2) is 35.9 Å². The van der Waals surface area contributed by atoms with Gasteiger partial charge >= 0.3 is 11.8 Å². The summed E-state index contributed by atoms with van der Waals surface area (Å²) in [7, 11) is 0. The zero-order chi connectivity index (χ0) is 20.5. The van der Waals surface area contributed by atoms with Crippen molar-refractivity contribution in [1.82, 2.24) is 15.5 Å². The number of carbonyl (C=O) groups is 2. The first kappa shape index (κ1) is 21.7. The molecular formula is C22H31ClN4O2. The maximum absolute atomic E-state index is 12.0. The normalized spacial score (nSPS) is 17.6. The summed E-state index contributed by atoms with van der Waals surface area (Å²) in [5.74, 6) is -1.07. The highest BCUT2D eigenvalue weighted by Gasteiger charge is 2.18. The molecule has 2 aliphatic rings. The molecule has 1 aromatic carbocycles. The van der Waals surface area contributed by atoms with E-state index in [1.54, 1.807) is 0 Å². The van der Waals surface area contributed by atoms with E-state index in [4.69, 9.17) is 11.6 Å². The Bertz CT molecular complexity index is 712. The number of benzene rings is 1. The average Bonchev–Trinajstić information content (AvgIpc) is 2.75. The van der Waals surface area contributed by atoms with Crippen molar-refractivity contribution in [3.05, 3.63) is 40.9 Å². The molecule has 0 radical (unpaired) electrons. The number of amides is 2. The van der Waals surface area contributed by atoms with Crippen molar-refractivity contribution in [3.63, 3.8) is 0 Å². The van der Waals surface area contributed by atoms with Crippen LogP contribution >= 0.6 is 11.6 Å². The molecule has 0 aromatic heterocycles. The topological polar surface area (TPSA) is 64.7 Å². The van der Waals surface area contributed by atoms with Crippen LogP contribution in [0.2, 0.25) is 5.02 Å². The highest BCUT2D eigenvalue weighted by molar-refractivity contribution is 6.35. The Hall–Kier alpha value is -2.05. The molecule has 7 heteroatoms. The summed E-state index contributed by atoms with van der Waals surface area (Å²) in [6, 6.07) is 7.91. The molecule has 3 rings (SSSR count). The standard InChI is InChI=1S/C22H31ClN4O2/c23-19-6-8-20(9-7-19)27-16-14-26(15-17-27)13-12-25-22(29)21(28)24-11-10-18-4-2-1-3-5-18/h4,6-9H,1-3,5,10-17H2,(H,24,28)(H,25,29). The van der Waals surface area contributed by atoms with E-state index in [1.807, 2.05) is 24.3 Å². The fraction of sp³-hybridized carbons (Fsp3) is 0.545. The van der Waals surface area contributed by atoms with E-state index in [2.05, 4.69) is 26.5 Å². The third-order valence-electron chi connectivity index (χ3n) is 5.60. The number of carbonyl (C=O) groups excluding carboxylic acids is 2. The zero-order valence-corrected chi connectivity index (χ0v) is 17.7. The molecule has 2 N–H and O–H groups in total. The van der Waals surface area contributed by atoms with Crippen LogP contribution in [0.3, 0.4) is 0 Å². The van der Waals surface area contributed by atoms with Gasteiger partial charge in [-0.05, 0) is 56.4 Å². The molecule has 1 fully saturated rings. The smallest absolute Gasteiger partial charge is 0.309 e. The lowest BCUT2D eigenvalue weighted by molar-refractivity contribution is -0.139. The van der Waals surface area contributed by atoms with Gasteiger partial charge in [-0.3, -0.25) is 14.5 Å². The third-order valence-corrected chi connectivity index (χ3v) is 5.85. The molecule has 0 saturated carbocycles. The summed E-state index contributed by atoms with van der Waals surface area (Å²) < 4.78 is 0. The monoisotopic (exact) mass is 418 g/mol. The van der Waals surface area contributed by atoms with Gasteiger partial charge in [0, 0.05) is 56.5 Å². The van der Waals surface area contributed by atoms with E-state index in [9.17, 15) is 9.59 Å². The number of hydrogen-bond donors (Lipinski definition) is 2. The van der Waals surface area contributed by atoms with Gasteiger partial charge in [-0.25, -0.2) is 0 Å². The van der Waals surface area contributed by atoms with Gasteiger partial charge in [-0.2, -0.15) is 0 Å². The fourth-order valence-electron chi connectivity index (χ4n) is 3.84. The van der Waals surface area contributed by atoms with Gasteiger partial charge in [-0.1, -0.05) is 23.3 Å². The Labute approximate surface area is 178 Å². The second kappa shape index (κ2) is 11.2. The first-order chi connectivity index (χ1) is 14.1. The molecule has 0 spiro atoms. The molecule has 6 nitrogen and oxygen atoms in total. The number of anilines is 1. The Morgan fingerprint density at radius 1 is 0.931 bits per heavy atom. The molecule has 0 bridgehead atoms. The van der Waals surface area contributed by atoms with Crippen LogP contribution in [0.1, 0.15) is 32.1 Å². The van der Waals surface area contributed by atoms with Crippen molar-refractivity contribution in [2.24, 2.45) is 0 Å². The minimum atomic E-state index is -0.539. The van der Waals surface area contributed by atoms with E-state index in [0.29, 0.717) is 13.1 Å². The minimum absolute atomic E-state index is 0.484. The summed E-state index contributed by atoms with van der Waals surface area (Å²) in [5, 5.41) is 6.20. The fourth-order valence-corrected chi connectivity index (χ4v) is 3.96. The summed E-state index contributed by atoms with van der Waals surface area (Å²) >= 11 is 5.95. The molecule has 0 atom stereocenters. The van der Waals surface area contributed by atoms with E-state index in [0.717, 1.165) is 57.0 Å². The number of halogens is 1. The van der Waals surface area contributed by atoms with Gasteiger partial charge in [0.25, 0.3) is 0 Å².